The summed E-state index contributed by atoms with van der Waals surface area (Å²) in [6.45, 7) is 1.74. The minimum absolute atomic E-state index is 0.0258. The number of hydrogen-bond donors (Lipinski definition) is 3. The Morgan fingerprint density at radius 3 is 2.55 bits per heavy atom. The third-order valence-corrected chi connectivity index (χ3v) is 5.95. The van der Waals surface area contributed by atoms with E-state index in [2.05, 4.69) is 15.1 Å². The Kier molecular flexibility index (Phi) is 4.53. The molecule has 154 valence electrons. The number of nitrogens with two attached hydrogens (primary N) is 1. The number of aromatic nitrogens is 3. The molecule has 5 aromatic rings. The Labute approximate surface area is 184 Å². The van der Waals surface area contributed by atoms with E-state index in [9.17, 15) is 9.90 Å². The van der Waals surface area contributed by atoms with Crippen LogP contribution in [-0.4, -0.2) is 20.2 Å². The van der Waals surface area contributed by atoms with Crippen molar-refractivity contribution in [3.63, 3.8) is 0 Å². The van der Waals surface area contributed by atoms with E-state index >= 15 is 0 Å². The number of nitrogens with one attached hydrogen (secondary N) is 1. The molecule has 5 rings (SSSR count). The average molecular weight is 451 g/mol. The highest BCUT2D eigenvalue weighted by Gasteiger charge is 2.19. The Morgan fingerprint density at radius 2 is 1.90 bits per heavy atom. The number of aromatic amines is 1. The van der Waals surface area contributed by atoms with Crippen LogP contribution >= 0.6 is 22.9 Å². The molecule has 3 aromatic heterocycles. The van der Waals surface area contributed by atoms with Gasteiger partial charge in [0.25, 0.3) is 5.56 Å². The fourth-order valence-corrected chi connectivity index (χ4v) is 4.32. The van der Waals surface area contributed by atoms with Crippen LogP contribution in [0.5, 0.6) is 5.75 Å². The van der Waals surface area contributed by atoms with Crippen LogP contribution in [0, 0.1) is 6.92 Å². The molecule has 0 radical (unpaired) electrons. The van der Waals surface area contributed by atoms with Crippen molar-refractivity contribution in [1.82, 2.24) is 15.1 Å². The lowest BCUT2D eigenvalue weighted by Crippen LogP contribution is -2.09. The van der Waals surface area contributed by atoms with Gasteiger partial charge in [-0.2, -0.15) is 0 Å². The van der Waals surface area contributed by atoms with E-state index in [1.54, 1.807) is 25.1 Å². The normalized spacial score (nSPS) is 11.3. The molecule has 0 aliphatic carbocycles. The summed E-state index contributed by atoms with van der Waals surface area (Å²) in [5.41, 5.74) is 9.58. The summed E-state index contributed by atoms with van der Waals surface area (Å²) in [5.74, 6) is 0.00363. The summed E-state index contributed by atoms with van der Waals surface area (Å²) in [7, 11) is 0. The van der Waals surface area contributed by atoms with Gasteiger partial charge in [-0.05, 0) is 24.6 Å². The highest BCUT2D eigenvalue weighted by molar-refractivity contribution is 7.13. The number of nitrogens with zero attached hydrogens (tertiary/aromatic N) is 2. The molecular weight excluding hydrogens is 436 g/mol. The SMILES string of the molecule is Cc1cc(-c2c(O)c3cc(-c4ccc(-c5csc(N)n5)cc4)c(Cl)cc3[nH]c2=O)on1. The Bertz CT molecular complexity index is 1500. The number of hydrogen-bond acceptors (Lipinski definition) is 7. The van der Waals surface area contributed by atoms with Crippen LogP contribution in [0.25, 0.3) is 44.6 Å². The summed E-state index contributed by atoms with van der Waals surface area (Å²) in [6.07, 6.45) is 0. The van der Waals surface area contributed by atoms with E-state index in [-0.39, 0.29) is 17.1 Å². The van der Waals surface area contributed by atoms with Gasteiger partial charge in [0.1, 0.15) is 11.3 Å². The molecule has 3 heterocycles. The second-order valence-corrected chi connectivity index (χ2v) is 8.33. The molecule has 0 aliphatic heterocycles. The predicted molar refractivity (Wildman–Crippen MR) is 122 cm³/mol. The van der Waals surface area contributed by atoms with E-state index in [4.69, 9.17) is 21.9 Å². The minimum atomic E-state index is -0.489. The molecule has 0 unspecified atom stereocenters. The smallest absolute Gasteiger partial charge is 0.263 e. The number of benzene rings is 2. The summed E-state index contributed by atoms with van der Waals surface area (Å²) >= 11 is 7.89. The number of rotatable bonds is 3. The molecule has 31 heavy (non-hydrogen) atoms. The number of nitrogen functional groups attached to an aromatic ring is 1. The molecule has 0 bridgehead atoms. The van der Waals surface area contributed by atoms with Gasteiger partial charge in [0.05, 0.1) is 21.9 Å². The van der Waals surface area contributed by atoms with Gasteiger partial charge in [-0.3, -0.25) is 4.79 Å². The van der Waals surface area contributed by atoms with Crippen LogP contribution in [0.3, 0.4) is 0 Å². The molecule has 0 saturated carbocycles. The molecule has 7 nitrogen and oxygen atoms in total. The first kappa shape index (κ1) is 19.3. The molecule has 4 N–H and O–H groups in total. The molecule has 0 atom stereocenters. The lowest BCUT2D eigenvalue weighted by molar-refractivity contribution is 0.421. The molecule has 0 amide bonds. The standard InChI is InChI=1S/C22H15ClN4O3S/c1-10-6-18(30-27-10)19-20(28)14-7-13(15(23)8-16(14)25-21(19)29)11-2-4-12(5-3-11)17-9-31-22(24)26-17/h2-9H,1H3,(H2,24,26)(H2,25,28,29). The van der Waals surface area contributed by atoms with E-state index in [1.165, 1.54) is 11.3 Å². The van der Waals surface area contributed by atoms with Crippen molar-refractivity contribution in [2.75, 3.05) is 5.73 Å². The monoisotopic (exact) mass is 450 g/mol. The first-order valence-corrected chi connectivity index (χ1v) is 10.5. The Hall–Kier alpha value is -3.62. The molecular formula is C22H15ClN4O3S. The van der Waals surface area contributed by atoms with E-state index < -0.39 is 5.56 Å². The van der Waals surface area contributed by atoms with E-state index in [0.717, 1.165) is 16.8 Å². The number of aryl methyl sites for hydroxylation is 1. The number of aromatic hydroxyl groups is 1. The van der Waals surface area contributed by atoms with Crippen molar-refractivity contribution in [3.05, 3.63) is 68.9 Å². The molecule has 0 spiro atoms. The van der Waals surface area contributed by atoms with Gasteiger partial charge in [0, 0.05) is 28.0 Å². The van der Waals surface area contributed by atoms with Crippen molar-refractivity contribution in [2.24, 2.45) is 0 Å². The quantitative estimate of drug-likeness (QED) is 0.346. The molecule has 2 aromatic carbocycles. The van der Waals surface area contributed by atoms with Gasteiger partial charge < -0.3 is 20.3 Å². The molecule has 0 fully saturated rings. The topological polar surface area (TPSA) is 118 Å². The van der Waals surface area contributed by atoms with Crippen LogP contribution in [0.15, 0.2) is 57.2 Å². The summed E-state index contributed by atoms with van der Waals surface area (Å²) in [5, 5.41) is 18.0. The van der Waals surface area contributed by atoms with E-state index in [0.29, 0.717) is 32.3 Å². The van der Waals surface area contributed by atoms with Crippen LogP contribution < -0.4 is 11.3 Å². The lowest BCUT2D eigenvalue weighted by atomic mass is 9.99. The van der Waals surface area contributed by atoms with Crippen LogP contribution in [0.4, 0.5) is 5.13 Å². The number of anilines is 1. The van der Waals surface area contributed by atoms with Crippen molar-refractivity contribution in [3.8, 4) is 39.5 Å². The van der Waals surface area contributed by atoms with Crippen molar-refractivity contribution >= 4 is 39.0 Å². The number of thiazole rings is 1. The van der Waals surface area contributed by atoms with Crippen LogP contribution in [-0.2, 0) is 0 Å². The lowest BCUT2D eigenvalue weighted by Gasteiger charge is -2.10. The largest absolute Gasteiger partial charge is 0.506 e. The predicted octanol–water partition coefficient (Wildman–Crippen LogP) is 5.22. The summed E-state index contributed by atoms with van der Waals surface area (Å²) in [6, 6.07) is 12.7. The van der Waals surface area contributed by atoms with E-state index in [1.807, 2.05) is 29.6 Å². The van der Waals surface area contributed by atoms with Crippen LogP contribution in [0.2, 0.25) is 5.02 Å². The van der Waals surface area contributed by atoms with Gasteiger partial charge in [0.15, 0.2) is 10.9 Å². The Morgan fingerprint density at radius 1 is 1.16 bits per heavy atom. The fourth-order valence-electron chi connectivity index (χ4n) is 3.47. The third-order valence-electron chi connectivity index (χ3n) is 4.96. The maximum absolute atomic E-state index is 12.5. The molecule has 0 saturated heterocycles. The average Bonchev–Trinajstić information content (AvgIpc) is 3.36. The first-order valence-electron chi connectivity index (χ1n) is 9.24. The first-order chi connectivity index (χ1) is 14.9. The number of pyridine rings is 1. The van der Waals surface area contributed by atoms with Gasteiger partial charge >= 0.3 is 0 Å². The van der Waals surface area contributed by atoms with Gasteiger partial charge in [-0.25, -0.2) is 4.98 Å². The molecule has 9 heteroatoms. The minimum Gasteiger partial charge on any atom is -0.506 e. The van der Waals surface area contributed by atoms with Crippen molar-refractivity contribution < 1.29 is 9.63 Å². The second kappa shape index (κ2) is 7.26. The van der Waals surface area contributed by atoms with Gasteiger partial charge in [0.2, 0.25) is 0 Å². The zero-order valence-corrected chi connectivity index (χ0v) is 17.7. The van der Waals surface area contributed by atoms with Gasteiger partial charge in [-0.15, -0.1) is 11.3 Å². The summed E-state index contributed by atoms with van der Waals surface area (Å²) < 4.78 is 5.19. The highest BCUT2D eigenvalue weighted by atomic mass is 35.5. The highest BCUT2D eigenvalue weighted by Crippen LogP contribution is 2.38. The van der Waals surface area contributed by atoms with Crippen molar-refractivity contribution in [1.29, 1.82) is 0 Å². The maximum Gasteiger partial charge on any atom is 0.263 e. The zero-order chi connectivity index (χ0) is 21.7. The number of H-pyrrole nitrogens is 1. The number of fused-ring (bicyclic) bond motifs is 1. The third kappa shape index (κ3) is 3.35. The second-order valence-electron chi connectivity index (χ2n) is 7.04. The summed E-state index contributed by atoms with van der Waals surface area (Å²) in [4.78, 5) is 19.6. The maximum atomic E-state index is 12.5. The fraction of sp³-hybridized carbons (Fsp3) is 0.0455. The van der Waals surface area contributed by atoms with Gasteiger partial charge in [-0.1, -0.05) is 41.0 Å². The zero-order valence-electron chi connectivity index (χ0n) is 16.1. The molecule has 0 aliphatic rings. The Balaban J connectivity index is 1.64. The van der Waals surface area contributed by atoms with Crippen molar-refractivity contribution in [2.45, 2.75) is 6.92 Å². The van der Waals surface area contributed by atoms with Crippen LogP contribution in [0.1, 0.15) is 5.69 Å². The number of halogens is 1.